The number of amides is 1. The molecule has 0 aliphatic carbocycles. The molecule has 0 saturated carbocycles. The number of pyridine rings is 1. The van der Waals surface area contributed by atoms with E-state index in [9.17, 15) is 4.79 Å². The molecule has 1 N–H and O–H groups in total. The summed E-state index contributed by atoms with van der Waals surface area (Å²) in [7, 11) is 2.10. The lowest BCUT2D eigenvalue weighted by Gasteiger charge is -2.41. The molecule has 2 saturated heterocycles. The smallest absolute Gasteiger partial charge is 0.231 e. The molecule has 2 aliphatic heterocycles. The van der Waals surface area contributed by atoms with E-state index >= 15 is 0 Å². The van der Waals surface area contributed by atoms with Gasteiger partial charge in [-0.2, -0.15) is 0 Å². The molecular weight excluding hydrogens is 464 g/mol. The maximum Gasteiger partial charge on any atom is 0.231 e. The third kappa shape index (κ3) is 5.65. The number of likely N-dealkylation sites (N-methyl/N-ethyl adjacent to an activating group) is 1. The van der Waals surface area contributed by atoms with Gasteiger partial charge in [0.15, 0.2) is 5.82 Å². The molecule has 0 bridgehead atoms. The zero-order chi connectivity index (χ0) is 25.7. The van der Waals surface area contributed by atoms with Crippen LogP contribution < -0.4 is 10.1 Å². The summed E-state index contributed by atoms with van der Waals surface area (Å²) in [5.74, 6) is 1.17. The van der Waals surface area contributed by atoms with Crippen molar-refractivity contribution in [3.8, 4) is 17.3 Å². The highest BCUT2D eigenvalue weighted by molar-refractivity contribution is 5.88. The zero-order valence-corrected chi connectivity index (χ0v) is 21.8. The highest BCUT2D eigenvalue weighted by Gasteiger charge is 2.44. The lowest BCUT2D eigenvalue weighted by atomic mass is 9.72. The number of likely N-dealkylation sites (tertiary alicyclic amines) is 2. The quantitative estimate of drug-likeness (QED) is 0.508. The van der Waals surface area contributed by atoms with Crippen LogP contribution in [0.5, 0.6) is 5.88 Å². The highest BCUT2D eigenvalue weighted by Crippen LogP contribution is 2.37. The van der Waals surface area contributed by atoms with Crippen LogP contribution in [0.1, 0.15) is 37.3 Å². The predicted octanol–water partition coefficient (Wildman–Crippen LogP) is 3.29. The summed E-state index contributed by atoms with van der Waals surface area (Å²) < 4.78 is 5.67. The molecule has 0 spiro atoms. The molecule has 2 aromatic heterocycles. The van der Waals surface area contributed by atoms with Gasteiger partial charge >= 0.3 is 0 Å². The van der Waals surface area contributed by atoms with Crippen molar-refractivity contribution in [3.63, 3.8) is 0 Å². The summed E-state index contributed by atoms with van der Waals surface area (Å²) in [6, 6.07) is 14.5. The molecule has 2 fully saturated rings. The maximum absolute atomic E-state index is 13.9. The Labute approximate surface area is 219 Å². The number of ether oxygens (including phenoxy) is 1. The highest BCUT2D eigenvalue weighted by atomic mass is 16.5. The summed E-state index contributed by atoms with van der Waals surface area (Å²) >= 11 is 0. The van der Waals surface area contributed by atoms with Crippen LogP contribution in [0.25, 0.3) is 11.4 Å². The first-order chi connectivity index (χ1) is 18.1. The number of benzene rings is 1. The molecule has 1 atom stereocenters. The summed E-state index contributed by atoms with van der Waals surface area (Å²) in [6.07, 6.45) is 7.81. The van der Waals surface area contributed by atoms with Crippen molar-refractivity contribution in [1.82, 2.24) is 30.1 Å². The topological polar surface area (TPSA) is 83.5 Å². The fraction of sp³-hybridized carbons (Fsp3) is 0.448. The first-order valence-corrected chi connectivity index (χ1v) is 13.2. The molecule has 4 heterocycles. The Kier molecular flexibility index (Phi) is 7.76. The van der Waals surface area contributed by atoms with Crippen molar-refractivity contribution < 1.29 is 9.53 Å². The largest absolute Gasteiger partial charge is 0.477 e. The Morgan fingerprint density at radius 2 is 1.81 bits per heavy atom. The van der Waals surface area contributed by atoms with Gasteiger partial charge in [0.2, 0.25) is 11.8 Å². The van der Waals surface area contributed by atoms with E-state index in [2.05, 4.69) is 51.4 Å². The summed E-state index contributed by atoms with van der Waals surface area (Å²) in [5, 5.41) is 3.37. The Hall–Kier alpha value is -3.36. The van der Waals surface area contributed by atoms with Gasteiger partial charge in [-0.1, -0.05) is 30.3 Å². The van der Waals surface area contributed by atoms with Crippen LogP contribution in [0.15, 0.2) is 61.1 Å². The molecule has 37 heavy (non-hydrogen) atoms. The first-order valence-electron chi connectivity index (χ1n) is 13.2. The van der Waals surface area contributed by atoms with Crippen molar-refractivity contribution in [3.05, 3.63) is 72.2 Å². The van der Waals surface area contributed by atoms with Gasteiger partial charge in [0, 0.05) is 43.3 Å². The Morgan fingerprint density at radius 1 is 1.05 bits per heavy atom. The molecule has 0 unspecified atom stereocenters. The number of aromatic nitrogens is 3. The van der Waals surface area contributed by atoms with E-state index in [1.807, 2.05) is 37.5 Å². The van der Waals surface area contributed by atoms with E-state index < -0.39 is 5.41 Å². The fourth-order valence-corrected chi connectivity index (χ4v) is 5.48. The van der Waals surface area contributed by atoms with Crippen molar-refractivity contribution in [2.45, 2.75) is 44.2 Å². The van der Waals surface area contributed by atoms with E-state index in [4.69, 9.17) is 14.7 Å². The molecule has 0 radical (unpaired) electrons. The zero-order valence-electron chi connectivity index (χ0n) is 21.8. The SMILES string of the molecule is CCOc1ncccc1-c1ncc(C2(C(=O)N[C@H]3CCN(C)C3)CCN(Cc3ccccc3)CC2)cn1. The van der Waals surface area contributed by atoms with Crippen molar-refractivity contribution >= 4 is 5.91 Å². The van der Waals surface area contributed by atoms with Gasteiger partial charge in [-0.25, -0.2) is 15.0 Å². The molecule has 1 amide bonds. The van der Waals surface area contributed by atoms with Crippen LogP contribution in [0.4, 0.5) is 0 Å². The van der Waals surface area contributed by atoms with Crippen LogP contribution in [0.3, 0.4) is 0 Å². The number of piperidine rings is 1. The molecular formula is C29H36N6O2. The lowest BCUT2D eigenvalue weighted by Crippen LogP contribution is -2.54. The number of hydrogen-bond donors (Lipinski definition) is 1. The van der Waals surface area contributed by atoms with Crippen LogP contribution >= 0.6 is 0 Å². The molecule has 8 heteroatoms. The van der Waals surface area contributed by atoms with E-state index in [1.54, 1.807) is 6.20 Å². The second kappa shape index (κ2) is 11.4. The van der Waals surface area contributed by atoms with Gasteiger partial charge in [-0.05, 0) is 70.6 Å². The maximum atomic E-state index is 13.9. The number of carbonyl (C=O) groups is 1. The molecule has 5 rings (SSSR count). The minimum atomic E-state index is -0.648. The number of carbonyl (C=O) groups excluding carboxylic acids is 1. The van der Waals surface area contributed by atoms with E-state index in [-0.39, 0.29) is 11.9 Å². The van der Waals surface area contributed by atoms with Gasteiger partial charge in [0.05, 0.1) is 17.6 Å². The Bertz CT molecular complexity index is 1180. The van der Waals surface area contributed by atoms with E-state index in [1.165, 1.54) is 5.56 Å². The number of rotatable bonds is 8. The fourth-order valence-electron chi connectivity index (χ4n) is 5.48. The second-order valence-corrected chi connectivity index (χ2v) is 10.1. The Balaban J connectivity index is 1.39. The average Bonchev–Trinajstić information content (AvgIpc) is 3.34. The standard InChI is InChI=1S/C29H36N6O2/c1-3-37-27-25(10-7-14-30-27)26-31-18-23(19-32-26)29(28(36)33-24-11-15-34(2)21-24)12-16-35(17-13-29)20-22-8-5-4-6-9-22/h4-10,14,18-19,24H,3,11-13,15-17,20-21H2,1-2H3,(H,33,36)/t24-/m0/s1. The van der Waals surface area contributed by atoms with Crippen molar-refractivity contribution in [2.75, 3.05) is 39.8 Å². The van der Waals surface area contributed by atoms with Gasteiger partial charge in [-0.15, -0.1) is 0 Å². The average molecular weight is 501 g/mol. The summed E-state index contributed by atoms with van der Waals surface area (Å²) in [6.45, 7) is 6.91. The van der Waals surface area contributed by atoms with Crippen molar-refractivity contribution in [1.29, 1.82) is 0 Å². The van der Waals surface area contributed by atoms with Crippen LogP contribution in [0, 0.1) is 0 Å². The van der Waals surface area contributed by atoms with Crippen LogP contribution in [-0.2, 0) is 16.8 Å². The van der Waals surface area contributed by atoms with E-state index in [0.29, 0.717) is 18.3 Å². The van der Waals surface area contributed by atoms with Gasteiger partial charge in [0.1, 0.15) is 0 Å². The number of nitrogens with zero attached hydrogens (tertiary/aromatic N) is 5. The third-order valence-corrected chi connectivity index (χ3v) is 7.62. The minimum absolute atomic E-state index is 0.0971. The molecule has 194 valence electrons. The number of nitrogens with one attached hydrogen (secondary N) is 1. The molecule has 3 aromatic rings. The number of hydrogen-bond acceptors (Lipinski definition) is 7. The lowest BCUT2D eigenvalue weighted by molar-refractivity contribution is -0.129. The monoisotopic (exact) mass is 500 g/mol. The third-order valence-electron chi connectivity index (χ3n) is 7.62. The summed E-state index contributed by atoms with van der Waals surface area (Å²) in [4.78, 5) is 32.3. The van der Waals surface area contributed by atoms with Gasteiger partial charge in [-0.3, -0.25) is 9.69 Å². The van der Waals surface area contributed by atoms with Crippen LogP contribution in [0.2, 0.25) is 0 Å². The molecule has 8 nitrogen and oxygen atoms in total. The molecule has 2 aliphatic rings. The van der Waals surface area contributed by atoms with Gasteiger partial charge in [0.25, 0.3) is 0 Å². The first kappa shape index (κ1) is 25.3. The minimum Gasteiger partial charge on any atom is -0.477 e. The van der Waals surface area contributed by atoms with Crippen LogP contribution in [-0.4, -0.2) is 76.5 Å². The van der Waals surface area contributed by atoms with Gasteiger partial charge < -0.3 is 15.0 Å². The second-order valence-electron chi connectivity index (χ2n) is 10.1. The van der Waals surface area contributed by atoms with Crippen molar-refractivity contribution in [2.24, 2.45) is 0 Å². The molecule has 1 aromatic carbocycles. The predicted molar refractivity (Wildman–Crippen MR) is 143 cm³/mol. The van der Waals surface area contributed by atoms with E-state index in [0.717, 1.165) is 63.1 Å². The Morgan fingerprint density at radius 3 is 2.49 bits per heavy atom. The summed E-state index contributed by atoms with van der Waals surface area (Å²) in [5.41, 5.74) is 2.27. The normalized spacial score (nSPS) is 20.0.